The van der Waals surface area contributed by atoms with Crippen molar-refractivity contribution < 1.29 is 4.74 Å². The third-order valence-electron chi connectivity index (χ3n) is 2.61. The summed E-state index contributed by atoms with van der Waals surface area (Å²) in [7, 11) is 1.83. The number of ether oxygens (including phenoxy) is 1. The van der Waals surface area contributed by atoms with Crippen LogP contribution in [0.2, 0.25) is 10.0 Å². The van der Waals surface area contributed by atoms with E-state index in [4.69, 9.17) is 33.7 Å². The number of hydrogen-bond donors (Lipinski definition) is 1. The first-order valence-electron chi connectivity index (χ1n) is 5.35. The van der Waals surface area contributed by atoms with Gasteiger partial charge in [-0.1, -0.05) is 23.2 Å². The normalized spacial score (nSPS) is 10.7. The Morgan fingerprint density at radius 1 is 1.39 bits per heavy atom. The van der Waals surface area contributed by atoms with Crippen molar-refractivity contribution in [3.05, 3.63) is 39.6 Å². The zero-order valence-corrected chi connectivity index (χ0v) is 11.6. The Kier molecular flexibility index (Phi) is 3.68. The van der Waals surface area contributed by atoms with Crippen molar-refractivity contribution in [2.24, 2.45) is 7.05 Å². The molecule has 1 aromatic carbocycles. The molecular weight excluding hydrogens is 273 g/mol. The number of aryl methyl sites for hydroxylation is 2. The van der Waals surface area contributed by atoms with E-state index in [-0.39, 0.29) is 0 Å². The summed E-state index contributed by atoms with van der Waals surface area (Å²) >= 11 is 12.0. The highest BCUT2D eigenvalue weighted by atomic mass is 35.5. The van der Waals surface area contributed by atoms with Crippen molar-refractivity contribution in [3.63, 3.8) is 0 Å². The number of nitrogens with zero attached hydrogens (tertiary/aromatic N) is 2. The van der Waals surface area contributed by atoms with E-state index in [1.54, 1.807) is 22.9 Å². The van der Waals surface area contributed by atoms with Crippen LogP contribution in [0.15, 0.2) is 18.2 Å². The average molecular weight is 286 g/mol. The summed E-state index contributed by atoms with van der Waals surface area (Å²) in [6, 6.07) is 5.14. The molecule has 0 aliphatic heterocycles. The van der Waals surface area contributed by atoms with Crippen LogP contribution in [0.5, 0.6) is 5.75 Å². The van der Waals surface area contributed by atoms with Crippen molar-refractivity contribution >= 4 is 28.9 Å². The van der Waals surface area contributed by atoms with Gasteiger partial charge < -0.3 is 10.5 Å². The van der Waals surface area contributed by atoms with Gasteiger partial charge in [-0.25, -0.2) is 0 Å². The lowest BCUT2D eigenvalue weighted by Gasteiger charge is -2.08. The van der Waals surface area contributed by atoms with Crippen LogP contribution in [0, 0.1) is 6.92 Å². The van der Waals surface area contributed by atoms with Gasteiger partial charge >= 0.3 is 0 Å². The lowest BCUT2D eigenvalue weighted by molar-refractivity contribution is 0.295. The highest BCUT2D eigenvalue weighted by Crippen LogP contribution is 2.26. The van der Waals surface area contributed by atoms with E-state index >= 15 is 0 Å². The van der Waals surface area contributed by atoms with Crippen molar-refractivity contribution in [3.8, 4) is 5.75 Å². The lowest BCUT2D eigenvalue weighted by atomic mass is 10.3. The first kappa shape index (κ1) is 13.1. The number of nitrogen functional groups attached to an aromatic ring is 1. The molecule has 0 unspecified atom stereocenters. The van der Waals surface area contributed by atoms with Crippen LogP contribution in [0.25, 0.3) is 0 Å². The number of nitrogens with two attached hydrogens (primary N) is 1. The van der Waals surface area contributed by atoms with Crippen molar-refractivity contribution in [1.82, 2.24) is 9.78 Å². The molecule has 2 aromatic rings. The monoisotopic (exact) mass is 285 g/mol. The summed E-state index contributed by atoms with van der Waals surface area (Å²) in [5.74, 6) is 0.643. The fraction of sp³-hybridized carbons (Fsp3) is 0.250. The quantitative estimate of drug-likeness (QED) is 0.881. The Labute approximate surface area is 115 Å². The van der Waals surface area contributed by atoms with Gasteiger partial charge in [-0.3, -0.25) is 4.68 Å². The standard InChI is InChI=1S/C12H13Cl2N3O/c1-7-12(14)11(17(2)16-7)6-18-8-3-4-10(15)9(13)5-8/h3-5H,6,15H2,1-2H3. The van der Waals surface area contributed by atoms with Crippen LogP contribution in [-0.4, -0.2) is 9.78 Å². The lowest BCUT2D eigenvalue weighted by Crippen LogP contribution is -2.03. The maximum absolute atomic E-state index is 6.13. The number of benzene rings is 1. The van der Waals surface area contributed by atoms with E-state index in [9.17, 15) is 0 Å². The predicted molar refractivity (Wildman–Crippen MR) is 73.2 cm³/mol. The van der Waals surface area contributed by atoms with E-state index in [0.717, 1.165) is 11.4 Å². The number of hydrogen-bond acceptors (Lipinski definition) is 3. The highest BCUT2D eigenvalue weighted by molar-refractivity contribution is 6.33. The van der Waals surface area contributed by atoms with E-state index in [1.807, 2.05) is 14.0 Å². The molecule has 0 fully saturated rings. The molecule has 0 spiro atoms. The van der Waals surface area contributed by atoms with Crippen molar-refractivity contribution in [2.45, 2.75) is 13.5 Å². The van der Waals surface area contributed by atoms with E-state index in [0.29, 0.717) is 28.1 Å². The fourth-order valence-electron chi connectivity index (χ4n) is 1.59. The largest absolute Gasteiger partial charge is 0.487 e. The fourth-order valence-corrected chi connectivity index (χ4v) is 1.97. The van der Waals surface area contributed by atoms with E-state index in [1.165, 1.54) is 0 Å². The van der Waals surface area contributed by atoms with Crippen LogP contribution in [0.4, 0.5) is 5.69 Å². The van der Waals surface area contributed by atoms with Gasteiger partial charge in [0, 0.05) is 13.1 Å². The molecule has 0 radical (unpaired) electrons. The summed E-state index contributed by atoms with van der Waals surface area (Å²) in [4.78, 5) is 0. The Bertz CT molecular complexity index is 581. The third-order valence-corrected chi connectivity index (χ3v) is 3.43. The topological polar surface area (TPSA) is 53.1 Å². The molecular formula is C12H13Cl2N3O. The molecule has 1 heterocycles. The molecule has 0 bridgehead atoms. The Morgan fingerprint density at radius 3 is 2.67 bits per heavy atom. The second kappa shape index (κ2) is 5.08. The summed E-state index contributed by atoms with van der Waals surface area (Å²) in [5.41, 5.74) is 7.76. The minimum Gasteiger partial charge on any atom is -0.487 e. The van der Waals surface area contributed by atoms with Gasteiger partial charge in [0.15, 0.2) is 0 Å². The van der Waals surface area contributed by atoms with Gasteiger partial charge in [0.2, 0.25) is 0 Å². The van der Waals surface area contributed by atoms with Gasteiger partial charge in [0.1, 0.15) is 12.4 Å². The molecule has 0 aliphatic carbocycles. The zero-order valence-electron chi connectivity index (χ0n) is 10.1. The van der Waals surface area contributed by atoms with Gasteiger partial charge in [-0.05, 0) is 19.1 Å². The number of rotatable bonds is 3. The Hall–Kier alpha value is -1.39. The van der Waals surface area contributed by atoms with Crippen LogP contribution < -0.4 is 10.5 Å². The first-order valence-corrected chi connectivity index (χ1v) is 6.10. The average Bonchev–Trinajstić information content (AvgIpc) is 2.56. The molecule has 96 valence electrons. The zero-order chi connectivity index (χ0) is 13.3. The first-order chi connectivity index (χ1) is 8.49. The molecule has 2 N–H and O–H groups in total. The smallest absolute Gasteiger partial charge is 0.131 e. The minimum absolute atomic E-state index is 0.330. The van der Waals surface area contributed by atoms with Crippen LogP contribution in [0.3, 0.4) is 0 Å². The highest BCUT2D eigenvalue weighted by Gasteiger charge is 2.11. The molecule has 0 amide bonds. The second-order valence-electron chi connectivity index (χ2n) is 3.94. The third kappa shape index (κ3) is 2.54. The maximum atomic E-state index is 6.13. The molecule has 4 nitrogen and oxygen atoms in total. The summed E-state index contributed by atoms with van der Waals surface area (Å²) in [6.45, 7) is 2.18. The Balaban J connectivity index is 2.14. The van der Waals surface area contributed by atoms with Gasteiger partial charge in [-0.2, -0.15) is 5.10 Å². The van der Waals surface area contributed by atoms with Crippen LogP contribution in [0.1, 0.15) is 11.4 Å². The van der Waals surface area contributed by atoms with Gasteiger partial charge in [0.05, 0.1) is 27.1 Å². The summed E-state index contributed by atoms with van der Waals surface area (Å²) in [5, 5.41) is 5.31. The maximum Gasteiger partial charge on any atom is 0.131 e. The number of aromatic nitrogens is 2. The number of anilines is 1. The van der Waals surface area contributed by atoms with Crippen LogP contribution >= 0.6 is 23.2 Å². The molecule has 0 aliphatic rings. The predicted octanol–water partition coefficient (Wildman–Crippen LogP) is 3.20. The summed E-state index contributed by atoms with van der Waals surface area (Å²) < 4.78 is 7.32. The van der Waals surface area contributed by atoms with Crippen molar-refractivity contribution in [2.75, 3.05) is 5.73 Å². The van der Waals surface area contributed by atoms with Gasteiger partial charge in [-0.15, -0.1) is 0 Å². The molecule has 18 heavy (non-hydrogen) atoms. The molecule has 0 saturated heterocycles. The molecule has 6 heteroatoms. The van der Waals surface area contributed by atoms with E-state index < -0.39 is 0 Å². The second-order valence-corrected chi connectivity index (χ2v) is 4.73. The minimum atomic E-state index is 0.330. The molecule has 2 rings (SSSR count). The van der Waals surface area contributed by atoms with Crippen LogP contribution in [-0.2, 0) is 13.7 Å². The Morgan fingerprint density at radius 2 is 2.11 bits per heavy atom. The van der Waals surface area contributed by atoms with Gasteiger partial charge in [0.25, 0.3) is 0 Å². The molecule has 0 atom stereocenters. The summed E-state index contributed by atoms with van der Waals surface area (Å²) in [6.07, 6.45) is 0. The molecule has 0 saturated carbocycles. The van der Waals surface area contributed by atoms with Crippen molar-refractivity contribution in [1.29, 1.82) is 0 Å². The molecule has 1 aromatic heterocycles. The number of halogens is 2. The van der Waals surface area contributed by atoms with E-state index in [2.05, 4.69) is 5.10 Å². The SMILES string of the molecule is Cc1nn(C)c(COc2ccc(N)c(Cl)c2)c1Cl.